The molecule has 28 heavy (non-hydrogen) atoms. The largest absolute Gasteiger partial charge is 0.493 e. The minimum absolute atomic E-state index is 0.146. The maximum Gasteiger partial charge on any atom is 0.227 e. The van der Waals surface area contributed by atoms with E-state index in [-0.39, 0.29) is 5.91 Å². The Balaban J connectivity index is 1.42. The predicted molar refractivity (Wildman–Crippen MR) is 108 cm³/mol. The Bertz CT molecular complexity index is 758. The van der Waals surface area contributed by atoms with E-state index in [0.717, 1.165) is 44.0 Å². The first-order chi connectivity index (χ1) is 13.7. The molecule has 1 heterocycles. The number of para-hydroxylation sites is 1. The molecular formula is C22H28N2O4. The Kier molecular flexibility index (Phi) is 7.14. The molecule has 1 saturated heterocycles. The van der Waals surface area contributed by atoms with Gasteiger partial charge in [-0.25, -0.2) is 0 Å². The zero-order chi connectivity index (χ0) is 19.8. The first-order valence-electron chi connectivity index (χ1n) is 9.58. The Morgan fingerprint density at radius 1 is 0.929 bits per heavy atom. The number of piperazine rings is 1. The molecule has 1 aliphatic heterocycles. The van der Waals surface area contributed by atoms with E-state index in [9.17, 15) is 4.79 Å². The maximum atomic E-state index is 12.6. The highest BCUT2D eigenvalue weighted by Gasteiger charge is 2.21. The van der Waals surface area contributed by atoms with Crippen LogP contribution in [-0.2, 0) is 11.2 Å². The Morgan fingerprint density at radius 2 is 1.64 bits per heavy atom. The van der Waals surface area contributed by atoms with Gasteiger partial charge < -0.3 is 19.1 Å². The van der Waals surface area contributed by atoms with E-state index in [4.69, 9.17) is 14.2 Å². The van der Waals surface area contributed by atoms with Gasteiger partial charge in [0.2, 0.25) is 5.91 Å². The maximum absolute atomic E-state index is 12.6. The molecule has 2 aromatic rings. The lowest BCUT2D eigenvalue weighted by Gasteiger charge is -2.34. The molecule has 0 aliphatic carbocycles. The summed E-state index contributed by atoms with van der Waals surface area (Å²) in [7, 11) is 3.21. The summed E-state index contributed by atoms with van der Waals surface area (Å²) < 4.78 is 16.3. The van der Waals surface area contributed by atoms with Gasteiger partial charge in [0.25, 0.3) is 0 Å². The average Bonchev–Trinajstić information content (AvgIpc) is 2.75. The van der Waals surface area contributed by atoms with E-state index in [2.05, 4.69) is 4.90 Å². The van der Waals surface area contributed by atoms with E-state index < -0.39 is 0 Å². The molecule has 6 nitrogen and oxygen atoms in total. The summed E-state index contributed by atoms with van der Waals surface area (Å²) in [6.07, 6.45) is 0.372. The predicted octanol–water partition coefficient (Wildman–Crippen LogP) is 2.47. The molecule has 0 spiro atoms. The van der Waals surface area contributed by atoms with Crippen molar-refractivity contribution in [2.75, 3.05) is 53.6 Å². The molecule has 6 heteroatoms. The van der Waals surface area contributed by atoms with Crippen molar-refractivity contribution in [1.29, 1.82) is 0 Å². The normalized spacial score (nSPS) is 14.6. The lowest BCUT2D eigenvalue weighted by atomic mass is 10.1. The number of benzene rings is 2. The van der Waals surface area contributed by atoms with Crippen molar-refractivity contribution in [2.24, 2.45) is 0 Å². The molecule has 1 amide bonds. The first kappa shape index (κ1) is 20.0. The zero-order valence-electron chi connectivity index (χ0n) is 16.6. The molecule has 0 radical (unpaired) electrons. The highest BCUT2D eigenvalue weighted by Crippen LogP contribution is 2.27. The third kappa shape index (κ3) is 5.39. The van der Waals surface area contributed by atoms with Crippen LogP contribution in [0.3, 0.4) is 0 Å². The van der Waals surface area contributed by atoms with E-state index in [1.54, 1.807) is 14.2 Å². The van der Waals surface area contributed by atoms with E-state index in [0.29, 0.717) is 24.5 Å². The highest BCUT2D eigenvalue weighted by molar-refractivity contribution is 5.79. The number of rotatable bonds is 8. The summed E-state index contributed by atoms with van der Waals surface area (Å²) in [6.45, 7) is 4.76. The van der Waals surface area contributed by atoms with Crippen LogP contribution in [0, 0.1) is 0 Å². The molecule has 0 saturated carbocycles. The van der Waals surface area contributed by atoms with Crippen LogP contribution in [0.25, 0.3) is 0 Å². The van der Waals surface area contributed by atoms with Crippen LogP contribution in [0.5, 0.6) is 17.2 Å². The third-order valence-corrected chi connectivity index (χ3v) is 4.95. The number of ether oxygens (including phenoxy) is 3. The molecule has 1 aliphatic rings. The SMILES string of the molecule is COc1ccc(CC(=O)N2CCN(CCOc3ccccc3)CC2)cc1OC. The van der Waals surface area contributed by atoms with E-state index >= 15 is 0 Å². The summed E-state index contributed by atoms with van der Waals surface area (Å²) in [5.74, 6) is 2.36. The Labute approximate surface area is 166 Å². The molecule has 0 unspecified atom stereocenters. The summed E-state index contributed by atoms with van der Waals surface area (Å²) in [4.78, 5) is 16.9. The van der Waals surface area contributed by atoms with Crippen molar-refractivity contribution in [3.63, 3.8) is 0 Å². The van der Waals surface area contributed by atoms with Crippen LogP contribution in [0.4, 0.5) is 0 Å². The van der Waals surface area contributed by atoms with Crippen molar-refractivity contribution < 1.29 is 19.0 Å². The summed E-state index contributed by atoms with van der Waals surface area (Å²) in [6, 6.07) is 15.5. The summed E-state index contributed by atoms with van der Waals surface area (Å²) >= 11 is 0. The molecule has 0 N–H and O–H groups in total. The number of amides is 1. The smallest absolute Gasteiger partial charge is 0.227 e. The number of carbonyl (C=O) groups is 1. The molecular weight excluding hydrogens is 356 g/mol. The quantitative estimate of drug-likeness (QED) is 0.700. The second-order valence-corrected chi connectivity index (χ2v) is 6.75. The minimum Gasteiger partial charge on any atom is -0.493 e. The third-order valence-electron chi connectivity index (χ3n) is 4.95. The van der Waals surface area contributed by atoms with Crippen LogP contribution in [0.15, 0.2) is 48.5 Å². The molecule has 150 valence electrons. The number of hydrogen-bond donors (Lipinski definition) is 0. The second-order valence-electron chi connectivity index (χ2n) is 6.75. The topological polar surface area (TPSA) is 51.2 Å². The van der Waals surface area contributed by atoms with Gasteiger partial charge in [0.1, 0.15) is 12.4 Å². The monoisotopic (exact) mass is 384 g/mol. The molecule has 2 aromatic carbocycles. The van der Waals surface area contributed by atoms with Gasteiger partial charge in [-0.1, -0.05) is 24.3 Å². The van der Waals surface area contributed by atoms with Crippen molar-refractivity contribution >= 4 is 5.91 Å². The van der Waals surface area contributed by atoms with E-state index in [1.165, 1.54) is 0 Å². The van der Waals surface area contributed by atoms with Gasteiger partial charge >= 0.3 is 0 Å². The standard InChI is InChI=1S/C22H28N2O4/c1-26-20-9-8-18(16-21(20)27-2)17-22(25)24-12-10-23(11-13-24)14-15-28-19-6-4-3-5-7-19/h3-9,16H,10-15,17H2,1-2H3. The molecule has 0 aromatic heterocycles. The van der Waals surface area contributed by atoms with Crippen LogP contribution in [-0.4, -0.2) is 69.3 Å². The van der Waals surface area contributed by atoms with Gasteiger partial charge in [-0.15, -0.1) is 0 Å². The Hall–Kier alpha value is -2.73. The van der Waals surface area contributed by atoms with Crippen molar-refractivity contribution in [1.82, 2.24) is 9.80 Å². The number of carbonyl (C=O) groups excluding carboxylic acids is 1. The lowest BCUT2D eigenvalue weighted by Crippen LogP contribution is -2.49. The zero-order valence-corrected chi connectivity index (χ0v) is 16.6. The molecule has 3 rings (SSSR count). The van der Waals surface area contributed by atoms with Gasteiger partial charge in [-0.05, 0) is 29.8 Å². The summed E-state index contributed by atoms with van der Waals surface area (Å²) in [5.41, 5.74) is 0.932. The van der Waals surface area contributed by atoms with Gasteiger partial charge in [-0.3, -0.25) is 9.69 Å². The van der Waals surface area contributed by atoms with Crippen LogP contribution >= 0.6 is 0 Å². The van der Waals surface area contributed by atoms with Gasteiger partial charge in [0.05, 0.1) is 20.6 Å². The van der Waals surface area contributed by atoms with Crippen LogP contribution in [0.1, 0.15) is 5.56 Å². The second kappa shape index (κ2) is 9.99. The van der Waals surface area contributed by atoms with Gasteiger partial charge in [0.15, 0.2) is 11.5 Å². The van der Waals surface area contributed by atoms with Crippen LogP contribution in [0.2, 0.25) is 0 Å². The Morgan fingerprint density at radius 3 is 2.32 bits per heavy atom. The number of nitrogens with zero attached hydrogens (tertiary/aromatic N) is 2. The lowest BCUT2D eigenvalue weighted by molar-refractivity contribution is -0.132. The average molecular weight is 384 g/mol. The molecule has 1 fully saturated rings. The van der Waals surface area contributed by atoms with Crippen molar-refractivity contribution in [3.8, 4) is 17.2 Å². The minimum atomic E-state index is 0.146. The number of methoxy groups -OCH3 is 2. The fraction of sp³-hybridized carbons (Fsp3) is 0.409. The fourth-order valence-electron chi connectivity index (χ4n) is 3.31. The number of hydrogen-bond acceptors (Lipinski definition) is 5. The molecule has 0 bridgehead atoms. The van der Waals surface area contributed by atoms with Gasteiger partial charge in [0, 0.05) is 32.7 Å². The van der Waals surface area contributed by atoms with Crippen molar-refractivity contribution in [2.45, 2.75) is 6.42 Å². The van der Waals surface area contributed by atoms with E-state index in [1.807, 2.05) is 53.4 Å². The first-order valence-corrected chi connectivity index (χ1v) is 9.58. The summed E-state index contributed by atoms with van der Waals surface area (Å²) in [5, 5.41) is 0. The molecule has 0 atom stereocenters. The van der Waals surface area contributed by atoms with Gasteiger partial charge in [-0.2, -0.15) is 0 Å². The van der Waals surface area contributed by atoms with Crippen LogP contribution < -0.4 is 14.2 Å². The highest BCUT2D eigenvalue weighted by atomic mass is 16.5. The fourth-order valence-corrected chi connectivity index (χ4v) is 3.31. The van der Waals surface area contributed by atoms with Crippen molar-refractivity contribution in [3.05, 3.63) is 54.1 Å².